The van der Waals surface area contributed by atoms with Crippen LogP contribution in [0.2, 0.25) is 0 Å². The van der Waals surface area contributed by atoms with Gasteiger partial charge in [0.2, 0.25) is 5.91 Å². The molecule has 1 fully saturated rings. The first kappa shape index (κ1) is 12.6. The van der Waals surface area contributed by atoms with Crippen LogP contribution in [0.15, 0.2) is 0 Å². The summed E-state index contributed by atoms with van der Waals surface area (Å²) in [5.74, 6) is 1.17. The van der Waals surface area contributed by atoms with Gasteiger partial charge in [-0.05, 0) is 6.42 Å². The van der Waals surface area contributed by atoms with Crippen molar-refractivity contribution in [2.45, 2.75) is 19.8 Å². The van der Waals surface area contributed by atoms with Crippen molar-refractivity contribution < 1.29 is 14.4 Å². The van der Waals surface area contributed by atoms with E-state index in [-0.39, 0.29) is 16.3 Å². The van der Waals surface area contributed by atoms with Crippen LogP contribution < -0.4 is 0 Å². The summed E-state index contributed by atoms with van der Waals surface area (Å²) in [6.45, 7) is 1.95. The second-order valence-electron chi connectivity index (χ2n) is 3.10. The summed E-state index contributed by atoms with van der Waals surface area (Å²) >= 11 is 2.41. The maximum Gasteiger partial charge on any atom is 0.288 e. The quantitative estimate of drug-likeness (QED) is 0.708. The van der Waals surface area contributed by atoms with E-state index in [4.69, 9.17) is 0 Å². The molecule has 1 aliphatic rings. The van der Waals surface area contributed by atoms with Crippen molar-refractivity contribution in [2.24, 2.45) is 0 Å². The van der Waals surface area contributed by atoms with Crippen LogP contribution in [0.5, 0.6) is 0 Å². The minimum absolute atomic E-state index is 0.0701. The number of carbonyl (C=O) groups is 3. The summed E-state index contributed by atoms with van der Waals surface area (Å²) in [7, 11) is 0. The second kappa shape index (κ2) is 6.17. The molecule has 0 unspecified atom stereocenters. The maximum absolute atomic E-state index is 11.4. The van der Waals surface area contributed by atoms with Gasteiger partial charge >= 0.3 is 0 Å². The molecule has 0 atom stereocenters. The van der Waals surface area contributed by atoms with E-state index >= 15 is 0 Å². The molecule has 0 saturated carbocycles. The van der Waals surface area contributed by atoms with Gasteiger partial charge < -0.3 is 0 Å². The zero-order valence-electron chi connectivity index (χ0n) is 8.52. The van der Waals surface area contributed by atoms with Gasteiger partial charge in [-0.15, -0.1) is 0 Å². The molecule has 1 rings (SSSR count). The van der Waals surface area contributed by atoms with E-state index in [2.05, 4.69) is 0 Å². The van der Waals surface area contributed by atoms with Crippen LogP contribution in [0.3, 0.4) is 0 Å². The third-order valence-electron chi connectivity index (χ3n) is 1.89. The van der Waals surface area contributed by atoms with E-state index in [1.54, 1.807) is 0 Å². The number of imide groups is 1. The zero-order valence-corrected chi connectivity index (χ0v) is 10.2. The van der Waals surface area contributed by atoms with Gasteiger partial charge in [0.05, 0.1) is 0 Å². The van der Waals surface area contributed by atoms with Crippen molar-refractivity contribution >= 4 is 39.8 Å². The monoisotopic (exact) mass is 247 g/mol. The Balaban J connectivity index is 2.26. The minimum Gasteiger partial charge on any atom is -0.288 e. The maximum atomic E-state index is 11.4. The van der Waals surface area contributed by atoms with Crippen LogP contribution in [-0.4, -0.2) is 39.2 Å². The third kappa shape index (κ3) is 4.25. The minimum atomic E-state index is -0.154. The van der Waals surface area contributed by atoms with E-state index < -0.39 is 0 Å². The fourth-order valence-electron chi connectivity index (χ4n) is 1.19. The molecule has 6 heteroatoms. The van der Waals surface area contributed by atoms with Crippen LogP contribution in [0.4, 0.5) is 4.79 Å². The average Bonchev–Trinajstić information content (AvgIpc) is 2.15. The van der Waals surface area contributed by atoms with E-state index in [9.17, 15) is 14.4 Å². The van der Waals surface area contributed by atoms with Gasteiger partial charge in [0, 0.05) is 31.4 Å². The largest absolute Gasteiger partial charge is 0.288 e. The Morgan fingerprint density at radius 1 is 1.53 bits per heavy atom. The molecule has 0 aromatic carbocycles. The van der Waals surface area contributed by atoms with Gasteiger partial charge in [-0.3, -0.25) is 19.3 Å². The molecular formula is C9H13NO3S2. The number of thioether (sulfide) groups is 2. The lowest BCUT2D eigenvalue weighted by Gasteiger charge is -2.23. The van der Waals surface area contributed by atoms with Gasteiger partial charge in [-0.25, -0.2) is 0 Å². The lowest BCUT2D eigenvalue weighted by atomic mass is 10.3. The Labute approximate surface area is 97.1 Å². The van der Waals surface area contributed by atoms with E-state index in [0.29, 0.717) is 30.9 Å². The first-order chi connectivity index (χ1) is 7.11. The Kier molecular flexibility index (Phi) is 5.17. The normalized spacial score (nSPS) is 17.0. The second-order valence-corrected chi connectivity index (χ2v) is 5.42. The SMILES string of the molecule is CC(=O)SCCCN1C(=O)CCSC1=O. The smallest absolute Gasteiger partial charge is 0.288 e. The summed E-state index contributed by atoms with van der Waals surface area (Å²) < 4.78 is 0. The summed E-state index contributed by atoms with van der Waals surface area (Å²) in [5.41, 5.74) is 0. The Morgan fingerprint density at radius 3 is 2.87 bits per heavy atom. The van der Waals surface area contributed by atoms with Gasteiger partial charge in [-0.2, -0.15) is 0 Å². The van der Waals surface area contributed by atoms with Crippen molar-refractivity contribution in [3.05, 3.63) is 0 Å². The van der Waals surface area contributed by atoms with Crippen molar-refractivity contribution in [1.29, 1.82) is 0 Å². The molecule has 2 amide bonds. The predicted molar refractivity (Wildman–Crippen MR) is 61.9 cm³/mol. The van der Waals surface area contributed by atoms with Crippen LogP contribution in [0, 0.1) is 0 Å². The zero-order chi connectivity index (χ0) is 11.3. The molecule has 0 aromatic heterocycles. The highest BCUT2D eigenvalue weighted by Crippen LogP contribution is 2.18. The highest BCUT2D eigenvalue weighted by Gasteiger charge is 2.25. The topological polar surface area (TPSA) is 54.5 Å². The molecule has 0 radical (unpaired) electrons. The number of rotatable bonds is 4. The predicted octanol–water partition coefficient (Wildman–Crippen LogP) is 1.74. The van der Waals surface area contributed by atoms with Crippen molar-refractivity contribution in [3.8, 4) is 0 Å². The fraction of sp³-hybridized carbons (Fsp3) is 0.667. The highest BCUT2D eigenvalue weighted by atomic mass is 32.2. The molecule has 1 saturated heterocycles. The van der Waals surface area contributed by atoms with E-state index in [1.807, 2.05) is 0 Å². The first-order valence-electron chi connectivity index (χ1n) is 4.71. The molecule has 0 spiro atoms. The lowest BCUT2D eigenvalue weighted by molar-refractivity contribution is -0.127. The molecule has 0 bridgehead atoms. The molecule has 84 valence electrons. The Bertz CT molecular complexity index is 265. The molecule has 0 aromatic rings. The summed E-state index contributed by atoms with van der Waals surface area (Å²) in [6, 6.07) is 0. The number of hydrogen-bond donors (Lipinski definition) is 0. The molecule has 1 aliphatic heterocycles. The highest BCUT2D eigenvalue weighted by molar-refractivity contribution is 8.13. The summed E-state index contributed by atoms with van der Waals surface area (Å²) in [6.07, 6.45) is 1.12. The van der Waals surface area contributed by atoms with Crippen LogP contribution in [-0.2, 0) is 9.59 Å². The standard InChI is InChI=1S/C9H13NO3S2/c1-7(11)14-5-2-4-10-8(12)3-6-15-9(10)13/h2-6H2,1H3. The van der Waals surface area contributed by atoms with Gasteiger partial charge in [0.15, 0.2) is 5.12 Å². The average molecular weight is 247 g/mol. The van der Waals surface area contributed by atoms with E-state index in [1.165, 1.54) is 35.3 Å². The van der Waals surface area contributed by atoms with E-state index in [0.717, 1.165) is 0 Å². The molecular weight excluding hydrogens is 234 g/mol. The van der Waals surface area contributed by atoms with Crippen LogP contribution in [0.25, 0.3) is 0 Å². The Hall–Kier alpha value is -0.490. The van der Waals surface area contributed by atoms with Gasteiger partial charge in [0.1, 0.15) is 0 Å². The van der Waals surface area contributed by atoms with Gasteiger partial charge in [0.25, 0.3) is 5.24 Å². The molecule has 1 heterocycles. The molecule has 0 N–H and O–H groups in total. The summed E-state index contributed by atoms with van der Waals surface area (Å²) in [5, 5.41) is -0.0836. The number of nitrogens with zero attached hydrogens (tertiary/aromatic N) is 1. The number of amides is 2. The van der Waals surface area contributed by atoms with Crippen LogP contribution >= 0.6 is 23.5 Å². The fourth-order valence-corrected chi connectivity index (χ4v) is 2.56. The van der Waals surface area contributed by atoms with Gasteiger partial charge in [-0.1, -0.05) is 23.5 Å². The number of hydrogen-bond acceptors (Lipinski definition) is 5. The number of carbonyl (C=O) groups excluding carboxylic acids is 3. The van der Waals surface area contributed by atoms with Crippen molar-refractivity contribution in [1.82, 2.24) is 4.90 Å². The van der Waals surface area contributed by atoms with Crippen molar-refractivity contribution in [3.63, 3.8) is 0 Å². The first-order valence-corrected chi connectivity index (χ1v) is 6.69. The molecule has 0 aliphatic carbocycles. The third-order valence-corrected chi connectivity index (χ3v) is 3.67. The Morgan fingerprint density at radius 2 is 2.27 bits per heavy atom. The molecule has 4 nitrogen and oxygen atoms in total. The van der Waals surface area contributed by atoms with Crippen LogP contribution in [0.1, 0.15) is 19.8 Å². The van der Waals surface area contributed by atoms with Crippen molar-refractivity contribution in [2.75, 3.05) is 18.1 Å². The molecule has 15 heavy (non-hydrogen) atoms. The summed E-state index contributed by atoms with van der Waals surface area (Å²) in [4.78, 5) is 34.6. The lowest BCUT2D eigenvalue weighted by Crippen LogP contribution is -2.38.